The van der Waals surface area contributed by atoms with E-state index in [-0.39, 0.29) is 18.0 Å². The Balaban J connectivity index is 2.11. The maximum Gasteiger partial charge on any atom is 0.252 e. The van der Waals surface area contributed by atoms with Crippen LogP contribution in [0, 0.1) is 0 Å². The topological polar surface area (TPSA) is 55.1 Å². The molecular formula is C12H14Br2N2O. The van der Waals surface area contributed by atoms with Crippen molar-refractivity contribution in [2.45, 2.75) is 31.3 Å². The SMILES string of the molecule is NC1CCCC1NC(=O)c1cc(Br)ccc1Br. The first-order valence-corrected chi connectivity index (χ1v) is 7.18. The third kappa shape index (κ3) is 3.09. The second kappa shape index (κ2) is 5.50. The van der Waals surface area contributed by atoms with E-state index in [2.05, 4.69) is 37.2 Å². The first-order chi connectivity index (χ1) is 8.08. The molecule has 0 aromatic heterocycles. The van der Waals surface area contributed by atoms with Gasteiger partial charge in [-0.05, 0) is 53.4 Å². The smallest absolute Gasteiger partial charge is 0.252 e. The molecular weight excluding hydrogens is 348 g/mol. The van der Waals surface area contributed by atoms with Gasteiger partial charge in [-0.25, -0.2) is 0 Å². The summed E-state index contributed by atoms with van der Waals surface area (Å²) in [6, 6.07) is 5.74. The van der Waals surface area contributed by atoms with Crippen LogP contribution in [-0.4, -0.2) is 18.0 Å². The monoisotopic (exact) mass is 360 g/mol. The van der Waals surface area contributed by atoms with E-state index in [1.54, 1.807) is 6.07 Å². The Kier molecular flexibility index (Phi) is 4.22. The quantitative estimate of drug-likeness (QED) is 0.850. The van der Waals surface area contributed by atoms with Crippen LogP contribution in [0.3, 0.4) is 0 Å². The normalized spacial score (nSPS) is 23.7. The summed E-state index contributed by atoms with van der Waals surface area (Å²) in [5.74, 6) is -0.0690. The average Bonchev–Trinajstić information content (AvgIpc) is 2.68. The molecule has 0 spiro atoms. The minimum atomic E-state index is -0.0690. The summed E-state index contributed by atoms with van der Waals surface area (Å²) in [4.78, 5) is 12.1. The zero-order valence-electron chi connectivity index (χ0n) is 9.25. The third-order valence-electron chi connectivity index (χ3n) is 3.06. The minimum absolute atomic E-state index is 0.0690. The number of amides is 1. The third-order valence-corrected chi connectivity index (χ3v) is 4.24. The first kappa shape index (κ1) is 13.1. The van der Waals surface area contributed by atoms with Gasteiger partial charge in [0.2, 0.25) is 0 Å². The molecule has 2 atom stereocenters. The molecule has 5 heteroatoms. The number of halogens is 2. The molecule has 1 saturated carbocycles. The first-order valence-electron chi connectivity index (χ1n) is 5.59. The van der Waals surface area contributed by atoms with E-state index in [4.69, 9.17) is 5.73 Å². The molecule has 0 saturated heterocycles. The molecule has 1 fully saturated rings. The average molecular weight is 362 g/mol. The summed E-state index contributed by atoms with van der Waals surface area (Å²) in [5.41, 5.74) is 6.58. The van der Waals surface area contributed by atoms with Gasteiger partial charge in [0, 0.05) is 21.0 Å². The molecule has 0 bridgehead atoms. The standard InChI is InChI=1S/C12H14Br2N2O/c13-7-4-5-9(14)8(6-7)12(17)16-11-3-1-2-10(11)15/h4-6,10-11H,1-3,15H2,(H,16,17). The van der Waals surface area contributed by atoms with Gasteiger partial charge in [-0.15, -0.1) is 0 Å². The van der Waals surface area contributed by atoms with Gasteiger partial charge in [0.1, 0.15) is 0 Å². The highest BCUT2D eigenvalue weighted by Crippen LogP contribution is 2.23. The summed E-state index contributed by atoms with van der Waals surface area (Å²) in [5, 5.41) is 3.00. The molecule has 1 amide bonds. The Morgan fingerprint density at radius 1 is 1.35 bits per heavy atom. The number of benzene rings is 1. The molecule has 92 valence electrons. The van der Waals surface area contributed by atoms with E-state index in [1.165, 1.54) is 0 Å². The number of carbonyl (C=O) groups is 1. The number of nitrogens with two attached hydrogens (primary N) is 1. The molecule has 3 N–H and O–H groups in total. The largest absolute Gasteiger partial charge is 0.348 e. The van der Waals surface area contributed by atoms with E-state index >= 15 is 0 Å². The number of carbonyl (C=O) groups excluding carboxylic acids is 1. The Morgan fingerprint density at radius 3 is 2.76 bits per heavy atom. The van der Waals surface area contributed by atoms with Crippen molar-refractivity contribution in [3.05, 3.63) is 32.7 Å². The Bertz CT molecular complexity index is 437. The predicted molar refractivity (Wildman–Crippen MR) is 74.9 cm³/mol. The second-order valence-corrected chi connectivity index (χ2v) is 6.07. The molecule has 17 heavy (non-hydrogen) atoms. The molecule has 2 rings (SSSR count). The van der Waals surface area contributed by atoms with Crippen molar-refractivity contribution >= 4 is 37.8 Å². The van der Waals surface area contributed by atoms with Crippen LogP contribution in [0.25, 0.3) is 0 Å². The van der Waals surface area contributed by atoms with Crippen LogP contribution >= 0.6 is 31.9 Å². The number of hydrogen-bond acceptors (Lipinski definition) is 2. The molecule has 0 radical (unpaired) electrons. The van der Waals surface area contributed by atoms with Crippen LogP contribution in [0.15, 0.2) is 27.1 Å². The lowest BCUT2D eigenvalue weighted by atomic mass is 10.1. The molecule has 0 heterocycles. The van der Waals surface area contributed by atoms with Crippen LogP contribution in [0.1, 0.15) is 29.6 Å². The summed E-state index contributed by atoms with van der Waals surface area (Å²) in [7, 11) is 0. The second-order valence-electron chi connectivity index (χ2n) is 4.30. The summed E-state index contributed by atoms with van der Waals surface area (Å²) in [6.45, 7) is 0. The lowest BCUT2D eigenvalue weighted by molar-refractivity contribution is 0.0934. The Hall–Kier alpha value is -0.390. The van der Waals surface area contributed by atoms with Gasteiger partial charge in [-0.1, -0.05) is 15.9 Å². The highest BCUT2D eigenvalue weighted by Gasteiger charge is 2.26. The van der Waals surface area contributed by atoms with E-state index in [9.17, 15) is 4.79 Å². The van der Waals surface area contributed by atoms with Crippen molar-refractivity contribution in [2.75, 3.05) is 0 Å². The fourth-order valence-electron chi connectivity index (χ4n) is 2.09. The number of hydrogen-bond donors (Lipinski definition) is 2. The van der Waals surface area contributed by atoms with Crippen LogP contribution in [0.4, 0.5) is 0 Å². The molecule has 1 aliphatic carbocycles. The van der Waals surface area contributed by atoms with E-state index in [0.29, 0.717) is 5.56 Å². The zero-order chi connectivity index (χ0) is 12.4. The van der Waals surface area contributed by atoms with Crippen molar-refractivity contribution in [1.29, 1.82) is 0 Å². The summed E-state index contributed by atoms with van der Waals surface area (Å²) >= 11 is 6.75. The minimum Gasteiger partial charge on any atom is -0.348 e. The number of rotatable bonds is 2. The molecule has 1 aromatic carbocycles. The van der Waals surface area contributed by atoms with Crippen molar-refractivity contribution in [2.24, 2.45) is 5.73 Å². The summed E-state index contributed by atoms with van der Waals surface area (Å²) in [6.07, 6.45) is 3.05. The Labute approximate surface area is 117 Å². The molecule has 0 aliphatic heterocycles. The zero-order valence-corrected chi connectivity index (χ0v) is 12.4. The predicted octanol–water partition coefficient (Wildman–Crippen LogP) is 2.82. The van der Waals surface area contributed by atoms with Crippen molar-refractivity contribution < 1.29 is 4.79 Å². The summed E-state index contributed by atoms with van der Waals surface area (Å²) < 4.78 is 1.69. The highest BCUT2D eigenvalue weighted by atomic mass is 79.9. The maximum atomic E-state index is 12.1. The van der Waals surface area contributed by atoms with Gasteiger partial charge >= 0.3 is 0 Å². The van der Waals surface area contributed by atoms with Crippen molar-refractivity contribution in [1.82, 2.24) is 5.32 Å². The van der Waals surface area contributed by atoms with Gasteiger partial charge < -0.3 is 11.1 Å². The molecule has 3 nitrogen and oxygen atoms in total. The van der Waals surface area contributed by atoms with Gasteiger partial charge in [0.15, 0.2) is 0 Å². The van der Waals surface area contributed by atoms with Crippen LogP contribution < -0.4 is 11.1 Å². The van der Waals surface area contributed by atoms with Crippen molar-refractivity contribution in [3.8, 4) is 0 Å². The number of nitrogens with one attached hydrogen (secondary N) is 1. The fourth-order valence-corrected chi connectivity index (χ4v) is 2.87. The lowest BCUT2D eigenvalue weighted by Gasteiger charge is -2.17. The van der Waals surface area contributed by atoms with Gasteiger partial charge in [0.05, 0.1) is 5.56 Å². The van der Waals surface area contributed by atoms with Crippen LogP contribution in [-0.2, 0) is 0 Å². The maximum absolute atomic E-state index is 12.1. The van der Waals surface area contributed by atoms with Crippen LogP contribution in [0.5, 0.6) is 0 Å². The Morgan fingerprint density at radius 2 is 2.12 bits per heavy atom. The molecule has 1 aromatic rings. The van der Waals surface area contributed by atoms with Crippen molar-refractivity contribution in [3.63, 3.8) is 0 Å². The van der Waals surface area contributed by atoms with Gasteiger partial charge in [0.25, 0.3) is 5.91 Å². The van der Waals surface area contributed by atoms with E-state index in [0.717, 1.165) is 28.2 Å². The van der Waals surface area contributed by atoms with Gasteiger partial charge in [-0.3, -0.25) is 4.79 Å². The fraction of sp³-hybridized carbons (Fsp3) is 0.417. The molecule has 1 aliphatic rings. The highest BCUT2D eigenvalue weighted by molar-refractivity contribution is 9.11. The van der Waals surface area contributed by atoms with Gasteiger partial charge in [-0.2, -0.15) is 0 Å². The lowest BCUT2D eigenvalue weighted by Crippen LogP contribution is -2.44. The van der Waals surface area contributed by atoms with E-state index in [1.807, 2.05) is 12.1 Å². The van der Waals surface area contributed by atoms with Crippen LogP contribution in [0.2, 0.25) is 0 Å². The molecule has 2 unspecified atom stereocenters. The van der Waals surface area contributed by atoms with E-state index < -0.39 is 0 Å².